The zero-order valence-corrected chi connectivity index (χ0v) is 22.5. The molecule has 3 heteroatoms. The van der Waals surface area contributed by atoms with Gasteiger partial charge in [0.2, 0.25) is 0 Å². The summed E-state index contributed by atoms with van der Waals surface area (Å²) in [6, 6.07) is 0. The predicted octanol–water partition coefficient (Wildman–Crippen LogP) is 9.70. The fourth-order valence-electron chi connectivity index (χ4n) is 4.00. The van der Waals surface area contributed by atoms with Gasteiger partial charge in [-0.2, -0.15) is 0 Å². The van der Waals surface area contributed by atoms with E-state index >= 15 is 0 Å². The van der Waals surface area contributed by atoms with Crippen LogP contribution in [0.1, 0.15) is 169 Å². The Bertz CT molecular complexity index is 354. The normalized spacial score (nSPS) is 11.9. The molecule has 0 saturated heterocycles. The number of hydrogen-bond donors (Lipinski definition) is 2. The first-order valence-electron chi connectivity index (χ1n) is 14.3. The van der Waals surface area contributed by atoms with Crippen LogP contribution in [0.4, 0.5) is 0 Å². The van der Waals surface area contributed by atoms with Gasteiger partial charge in [-0.25, -0.2) is 0 Å². The van der Waals surface area contributed by atoms with Crippen molar-refractivity contribution < 1.29 is 15.0 Å². The van der Waals surface area contributed by atoms with Gasteiger partial charge in [0.05, 0.1) is 6.10 Å². The third-order valence-corrected chi connectivity index (χ3v) is 6.20. The molecule has 3 nitrogen and oxygen atoms in total. The van der Waals surface area contributed by atoms with E-state index in [4.69, 9.17) is 5.11 Å². The number of carbonyl (C=O) groups is 1. The van der Waals surface area contributed by atoms with Gasteiger partial charge >= 0.3 is 5.97 Å². The molecule has 0 aliphatic heterocycles. The van der Waals surface area contributed by atoms with Crippen molar-refractivity contribution in [2.75, 3.05) is 0 Å². The van der Waals surface area contributed by atoms with Crippen molar-refractivity contribution in [3.8, 4) is 0 Å². The van der Waals surface area contributed by atoms with Crippen LogP contribution in [0.25, 0.3) is 0 Å². The summed E-state index contributed by atoms with van der Waals surface area (Å²) in [5, 5.41) is 18.3. The van der Waals surface area contributed by atoms with Gasteiger partial charge in [-0.1, -0.05) is 143 Å². The number of hydrogen-bond acceptors (Lipinski definition) is 2. The molecule has 194 valence electrons. The minimum absolute atomic E-state index is 0.0271. The summed E-state index contributed by atoms with van der Waals surface area (Å²) in [5.74, 6) is 0.0781. The van der Waals surface area contributed by atoms with Crippen LogP contribution in [0.2, 0.25) is 0 Å². The van der Waals surface area contributed by atoms with Crippen molar-refractivity contribution >= 4 is 5.97 Å². The third kappa shape index (κ3) is 34.1. The van der Waals surface area contributed by atoms with Crippen molar-refractivity contribution in [3.05, 3.63) is 0 Å². The fourth-order valence-corrected chi connectivity index (χ4v) is 4.00. The molecule has 0 rings (SSSR count). The van der Waals surface area contributed by atoms with Crippen molar-refractivity contribution in [1.29, 1.82) is 0 Å². The van der Waals surface area contributed by atoms with Gasteiger partial charge in [-0.05, 0) is 25.2 Å². The van der Waals surface area contributed by atoms with Gasteiger partial charge in [-0.15, -0.1) is 0 Å². The van der Waals surface area contributed by atoms with Crippen LogP contribution in [0.3, 0.4) is 0 Å². The highest BCUT2D eigenvalue weighted by Gasteiger charge is 2.03. The Morgan fingerprint density at radius 1 is 0.562 bits per heavy atom. The molecular formula is C29H60O3. The Kier molecular flexibility index (Phi) is 29.9. The highest BCUT2D eigenvalue weighted by atomic mass is 16.4. The second-order valence-corrected chi connectivity index (χ2v) is 10.2. The molecule has 2 N–H and O–H groups in total. The standard InChI is InChI=1S/C20H42O.C9H18O2/c1-3-5-7-9-11-12-13-15-17-19-20(21)18-16-14-10-8-6-4-2;1-8(2)6-4-3-5-7-9(10)11/h20-21H,3-19H2,1-2H3;8H,3-7H2,1-2H3,(H,10,11). The molecule has 0 radical (unpaired) electrons. The van der Waals surface area contributed by atoms with Crippen LogP contribution in [-0.2, 0) is 4.79 Å². The molecule has 32 heavy (non-hydrogen) atoms. The van der Waals surface area contributed by atoms with Crippen LogP contribution >= 0.6 is 0 Å². The van der Waals surface area contributed by atoms with E-state index in [9.17, 15) is 9.90 Å². The Hall–Kier alpha value is -0.570. The first-order chi connectivity index (χ1) is 15.4. The molecule has 0 aliphatic carbocycles. The minimum Gasteiger partial charge on any atom is -0.481 e. The van der Waals surface area contributed by atoms with Crippen LogP contribution < -0.4 is 0 Å². The van der Waals surface area contributed by atoms with E-state index in [2.05, 4.69) is 27.7 Å². The van der Waals surface area contributed by atoms with Crippen molar-refractivity contribution in [2.45, 2.75) is 175 Å². The Labute approximate surface area is 202 Å². The topological polar surface area (TPSA) is 57.5 Å². The van der Waals surface area contributed by atoms with Crippen LogP contribution in [0.15, 0.2) is 0 Å². The molecule has 0 amide bonds. The Morgan fingerprint density at radius 2 is 0.906 bits per heavy atom. The molecule has 0 bridgehead atoms. The van der Waals surface area contributed by atoms with E-state index in [0.29, 0.717) is 6.42 Å². The number of carboxylic acid groups (broad SMARTS) is 1. The van der Waals surface area contributed by atoms with Crippen LogP contribution in [-0.4, -0.2) is 22.3 Å². The largest absolute Gasteiger partial charge is 0.481 e. The summed E-state index contributed by atoms with van der Waals surface area (Å²) in [7, 11) is 0. The number of rotatable bonds is 23. The molecule has 0 spiro atoms. The van der Waals surface area contributed by atoms with Crippen molar-refractivity contribution in [2.24, 2.45) is 5.92 Å². The highest BCUT2D eigenvalue weighted by Crippen LogP contribution is 2.15. The lowest BCUT2D eigenvalue weighted by Gasteiger charge is -2.10. The molecule has 0 aromatic rings. The zero-order chi connectivity index (χ0) is 24.3. The third-order valence-electron chi connectivity index (χ3n) is 6.20. The summed E-state index contributed by atoms with van der Waals surface area (Å²) in [6.07, 6.45) is 27.0. The first kappa shape index (κ1) is 33.6. The van der Waals surface area contributed by atoms with E-state index in [1.807, 2.05) is 0 Å². The minimum atomic E-state index is -0.672. The van der Waals surface area contributed by atoms with Gasteiger partial charge in [0.25, 0.3) is 0 Å². The van der Waals surface area contributed by atoms with Crippen molar-refractivity contribution in [1.82, 2.24) is 0 Å². The summed E-state index contributed by atoms with van der Waals surface area (Å²) in [6.45, 7) is 8.92. The summed E-state index contributed by atoms with van der Waals surface area (Å²) in [4.78, 5) is 10.1. The number of unbranched alkanes of at least 4 members (excludes halogenated alkanes) is 15. The summed E-state index contributed by atoms with van der Waals surface area (Å²) >= 11 is 0. The lowest BCUT2D eigenvalue weighted by atomic mass is 10.0. The smallest absolute Gasteiger partial charge is 0.303 e. The monoisotopic (exact) mass is 456 g/mol. The maximum Gasteiger partial charge on any atom is 0.303 e. The van der Waals surface area contributed by atoms with E-state index in [-0.39, 0.29) is 6.10 Å². The Balaban J connectivity index is 0. The lowest BCUT2D eigenvalue weighted by molar-refractivity contribution is -0.137. The van der Waals surface area contributed by atoms with E-state index in [1.54, 1.807) is 0 Å². The second-order valence-electron chi connectivity index (χ2n) is 10.2. The molecule has 0 aromatic heterocycles. The van der Waals surface area contributed by atoms with Gasteiger partial charge in [-0.3, -0.25) is 4.79 Å². The highest BCUT2D eigenvalue weighted by molar-refractivity contribution is 5.66. The molecule has 0 saturated carbocycles. The van der Waals surface area contributed by atoms with Gasteiger partial charge in [0.15, 0.2) is 0 Å². The number of aliphatic hydroxyl groups is 1. The van der Waals surface area contributed by atoms with Gasteiger partial charge in [0.1, 0.15) is 0 Å². The molecular weight excluding hydrogens is 396 g/mol. The van der Waals surface area contributed by atoms with Crippen molar-refractivity contribution in [3.63, 3.8) is 0 Å². The number of aliphatic carboxylic acids is 1. The van der Waals surface area contributed by atoms with Gasteiger partial charge < -0.3 is 10.2 Å². The molecule has 0 fully saturated rings. The number of carboxylic acids is 1. The molecule has 1 unspecified atom stereocenters. The van der Waals surface area contributed by atoms with Crippen LogP contribution in [0.5, 0.6) is 0 Å². The average Bonchev–Trinajstić information content (AvgIpc) is 2.75. The summed E-state index contributed by atoms with van der Waals surface area (Å²) < 4.78 is 0. The molecule has 1 atom stereocenters. The van der Waals surface area contributed by atoms with E-state index in [0.717, 1.165) is 31.6 Å². The Morgan fingerprint density at radius 3 is 1.28 bits per heavy atom. The molecule has 0 aliphatic rings. The number of aliphatic hydroxyl groups excluding tert-OH is 1. The van der Waals surface area contributed by atoms with E-state index < -0.39 is 5.97 Å². The summed E-state index contributed by atoms with van der Waals surface area (Å²) in [5.41, 5.74) is 0. The quantitative estimate of drug-likeness (QED) is 0.150. The maximum absolute atomic E-state index is 10.1. The molecule has 0 heterocycles. The first-order valence-corrected chi connectivity index (χ1v) is 14.3. The van der Waals surface area contributed by atoms with E-state index in [1.165, 1.54) is 109 Å². The fraction of sp³-hybridized carbons (Fsp3) is 0.966. The molecule has 0 aromatic carbocycles. The lowest BCUT2D eigenvalue weighted by Crippen LogP contribution is -2.05. The van der Waals surface area contributed by atoms with Crippen LogP contribution in [0, 0.1) is 5.92 Å². The second kappa shape index (κ2) is 28.5. The SMILES string of the molecule is CC(C)CCCCCC(=O)O.CCCCCCCCCCCC(O)CCCCCCCC. The maximum atomic E-state index is 10.1. The zero-order valence-electron chi connectivity index (χ0n) is 22.5. The predicted molar refractivity (Wildman–Crippen MR) is 141 cm³/mol. The average molecular weight is 457 g/mol. The van der Waals surface area contributed by atoms with Gasteiger partial charge in [0, 0.05) is 6.42 Å².